The van der Waals surface area contributed by atoms with Gasteiger partial charge in [-0.2, -0.15) is 0 Å². The minimum Gasteiger partial charge on any atom is -0.366 e. The third kappa shape index (κ3) is 1.94. The number of hydrogen-bond acceptors (Lipinski definition) is 4. The fraction of sp³-hybridized carbons (Fsp3) is 0.571. The molecule has 2 atom stereocenters. The van der Waals surface area contributed by atoms with E-state index in [2.05, 4.69) is 20.1 Å². The van der Waals surface area contributed by atoms with Gasteiger partial charge >= 0.3 is 0 Å². The summed E-state index contributed by atoms with van der Waals surface area (Å²) < 4.78 is 25.7. The van der Waals surface area contributed by atoms with Crippen molar-refractivity contribution in [2.75, 3.05) is 29.9 Å². The number of alkyl halides is 2. The zero-order valence-corrected chi connectivity index (χ0v) is 11.6. The molecule has 4 rings (SSSR count). The van der Waals surface area contributed by atoms with Crippen LogP contribution in [0.25, 0.3) is 0 Å². The Morgan fingerprint density at radius 1 is 1.48 bits per heavy atom. The van der Waals surface area contributed by atoms with Crippen LogP contribution in [0.5, 0.6) is 0 Å². The number of carbonyl (C=O) groups is 1. The molecule has 1 aromatic rings. The molecule has 0 spiro atoms. The van der Waals surface area contributed by atoms with Crippen molar-refractivity contribution in [1.29, 1.82) is 0 Å². The Bertz CT molecular complexity index is 621. The van der Waals surface area contributed by atoms with Crippen LogP contribution in [-0.2, 0) is 0 Å². The van der Waals surface area contributed by atoms with Crippen LogP contribution in [0.1, 0.15) is 23.3 Å². The van der Waals surface area contributed by atoms with Gasteiger partial charge in [-0.3, -0.25) is 4.79 Å². The number of amides is 1. The normalized spacial score (nSPS) is 28.3. The number of likely N-dealkylation sites (N-methyl/N-ethyl adjacent to an activating group) is 1. The summed E-state index contributed by atoms with van der Waals surface area (Å²) in [5.74, 6) is -2.52. The molecule has 1 amide bonds. The van der Waals surface area contributed by atoms with Gasteiger partial charge in [0.05, 0.1) is 11.7 Å². The third-order valence-electron chi connectivity index (χ3n) is 4.60. The monoisotopic (exact) mass is 294 g/mol. The molecular formula is C14H16F2N4O. The van der Waals surface area contributed by atoms with Crippen LogP contribution in [0.15, 0.2) is 12.1 Å². The number of aromatic nitrogens is 1. The molecule has 2 bridgehead atoms. The lowest BCUT2D eigenvalue weighted by Gasteiger charge is -2.34. The Labute approximate surface area is 120 Å². The van der Waals surface area contributed by atoms with E-state index in [1.807, 2.05) is 13.1 Å². The lowest BCUT2D eigenvalue weighted by Crippen LogP contribution is -2.40. The number of rotatable bonds is 2. The maximum atomic E-state index is 12.9. The number of nitrogens with zero attached hydrogens (tertiary/aromatic N) is 3. The highest BCUT2D eigenvalue weighted by atomic mass is 19.3. The summed E-state index contributed by atoms with van der Waals surface area (Å²) >= 11 is 0. The zero-order valence-electron chi connectivity index (χ0n) is 11.6. The first-order valence-electron chi connectivity index (χ1n) is 7.13. The summed E-state index contributed by atoms with van der Waals surface area (Å²) in [6, 6.07) is 2.85. The topological polar surface area (TPSA) is 48.5 Å². The fourth-order valence-electron chi connectivity index (χ4n) is 3.13. The number of halogens is 2. The SMILES string of the molecule is CN1c2nc(C(=O)NC3CC3(F)F)ccc2N2CCC1C2. The van der Waals surface area contributed by atoms with Crippen molar-refractivity contribution < 1.29 is 13.6 Å². The highest BCUT2D eigenvalue weighted by molar-refractivity contribution is 5.94. The fourth-order valence-corrected chi connectivity index (χ4v) is 3.13. The molecule has 5 nitrogen and oxygen atoms in total. The highest BCUT2D eigenvalue weighted by Crippen LogP contribution is 2.42. The van der Waals surface area contributed by atoms with E-state index >= 15 is 0 Å². The lowest BCUT2D eigenvalue weighted by molar-refractivity contribution is 0.0845. The number of nitrogens with one attached hydrogen (secondary N) is 1. The second kappa shape index (κ2) is 4.05. The van der Waals surface area contributed by atoms with E-state index in [9.17, 15) is 13.6 Å². The van der Waals surface area contributed by atoms with Crippen molar-refractivity contribution in [3.63, 3.8) is 0 Å². The van der Waals surface area contributed by atoms with Crippen molar-refractivity contribution >= 4 is 17.4 Å². The van der Waals surface area contributed by atoms with Crippen molar-refractivity contribution in [2.24, 2.45) is 0 Å². The van der Waals surface area contributed by atoms with Crippen LogP contribution in [-0.4, -0.2) is 49.0 Å². The van der Waals surface area contributed by atoms with Gasteiger partial charge in [-0.1, -0.05) is 0 Å². The quantitative estimate of drug-likeness (QED) is 0.892. The summed E-state index contributed by atoms with van der Waals surface area (Å²) in [5, 5.41) is 2.34. The highest BCUT2D eigenvalue weighted by Gasteiger charge is 2.58. The molecule has 0 aromatic carbocycles. The minimum absolute atomic E-state index is 0.200. The van der Waals surface area contributed by atoms with Crippen molar-refractivity contribution in [3.05, 3.63) is 17.8 Å². The standard InChI is InChI=1S/C14H16F2N4O/c1-19-8-4-5-20(7-8)10-3-2-9(17-12(10)19)13(21)18-11-6-14(11,15)16/h2-3,8,11H,4-7H2,1H3,(H,18,21). The molecule has 1 N–H and O–H groups in total. The van der Waals surface area contributed by atoms with Gasteiger partial charge in [0, 0.05) is 32.6 Å². The molecule has 3 aliphatic rings. The minimum atomic E-state index is -2.76. The number of hydrogen-bond donors (Lipinski definition) is 1. The summed E-state index contributed by atoms with van der Waals surface area (Å²) in [4.78, 5) is 20.7. The second-order valence-electron chi connectivity index (χ2n) is 6.03. The molecule has 21 heavy (non-hydrogen) atoms. The van der Waals surface area contributed by atoms with Crippen LogP contribution in [0.2, 0.25) is 0 Å². The van der Waals surface area contributed by atoms with Crippen molar-refractivity contribution in [1.82, 2.24) is 10.3 Å². The molecule has 2 aliphatic heterocycles. The molecule has 3 heterocycles. The molecule has 2 unspecified atom stereocenters. The summed E-state index contributed by atoms with van der Waals surface area (Å²) in [5.41, 5.74) is 1.21. The number of anilines is 2. The van der Waals surface area contributed by atoms with Gasteiger partial charge in [0.2, 0.25) is 0 Å². The van der Waals surface area contributed by atoms with Gasteiger partial charge in [0.1, 0.15) is 5.69 Å². The predicted octanol–water partition coefficient (Wildman–Crippen LogP) is 1.25. The Morgan fingerprint density at radius 3 is 2.95 bits per heavy atom. The predicted molar refractivity (Wildman–Crippen MR) is 74.1 cm³/mol. The van der Waals surface area contributed by atoms with E-state index in [0.717, 1.165) is 31.0 Å². The van der Waals surface area contributed by atoms with E-state index in [1.165, 1.54) is 0 Å². The van der Waals surface area contributed by atoms with E-state index in [4.69, 9.17) is 0 Å². The van der Waals surface area contributed by atoms with Gasteiger partial charge in [0.15, 0.2) is 5.82 Å². The van der Waals surface area contributed by atoms with E-state index in [-0.39, 0.29) is 12.1 Å². The summed E-state index contributed by atoms with van der Waals surface area (Å²) in [7, 11) is 1.97. The Morgan fingerprint density at radius 2 is 2.24 bits per heavy atom. The first kappa shape index (κ1) is 12.8. The maximum absolute atomic E-state index is 12.9. The molecule has 1 aliphatic carbocycles. The maximum Gasteiger partial charge on any atom is 0.270 e. The van der Waals surface area contributed by atoms with Crippen molar-refractivity contribution in [3.8, 4) is 0 Å². The van der Waals surface area contributed by atoms with E-state index in [1.54, 1.807) is 6.07 Å². The van der Waals surface area contributed by atoms with Gasteiger partial charge in [-0.25, -0.2) is 13.8 Å². The zero-order chi connectivity index (χ0) is 14.8. The molecule has 0 radical (unpaired) electrons. The van der Waals surface area contributed by atoms with Gasteiger partial charge in [0.25, 0.3) is 11.8 Å². The van der Waals surface area contributed by atoms with Crippen LogP contribution >= 0.6 is 0 Å². The molecule has 7 heteroatoms. The molecule has 112 valence electrons. The third-order valence-corrected chi connectivity index (χ3v) is 4.60. The van der Waals surface area contributed by atoms with Crippen molar-refractivity contribution in [2.45, 2.75) is 30.8 Å². The molecule has 1 aromatic heterocycles. The smallest absolute Gasteiger partial charge is 0.270 e. The van der Waals surface area contributed by atoms with Gasteiger partial charge in [-0.05, 0) is 18.6 Å². The van der Waals surface area contributed by atoms with E-state index < -0.39 is 17.9 Å². The van der Waals surface area contributed by atoms with Crippen LogP contribution in [0, 0.1) is 0 Å². The number of pyridine rings is 1. The van der Waals surface area contributed by atoms with E-state index in [0.29, 0.717) is 6.04 Å². The first-order valence-corrected chi connectivity index (χ1v) is 7.13. The second-order valence-corrected chi connectivity index (χ2v) is 6.03. The summed E-state index contributed by atoms with van der Waals surface area (Å²) in [6.45, 7) is 1.97. The van der Waals surface area contributed by atoms with Crippen LogP contribution in [0.3, 0.4) is 0 Å². The van der Waals surface area contributed by atoms with Crippen LogP contribution in [0.4, 0.5) is 20.3 Å². The first-order chi connectivity index (χ1) is 9.95. The molecule has 1 saturated carbocycles. The van der Waals surface area contributed by atoms with Crippen LogP contribution < -0.4 is 15.1 Å². The number of carbonyl (C=O) groups excluding carboxylic acids is 1. The largest absolute Gasteiger partial charge is 0.366 e. The Kier molecular flexibility index (Phi) is 2.47. The Balaban J connectivity index is 1.59. The van der Waals surface area contributed by atoms with Gasteiger partial charge in [-0.15, -0.1) is 0 Å². The lowest BCUT2D eigenvalue weighted by atomic mass is 10.2. The summed E-state index contributed by atoms with van der Waals surface area (Å²) in [6.07, 6.45) is 0.794. The number of fused-ring (bicyclic) bond motifs is 4. The molecule has 2 fully saturated rings. The average molecular weight is 294 g/mol. The van der Waals surface area contributed by atoms with Gasteiger partial charge < -0.3 is 15.1 Å². The molecule has 1 saturated heterocycles. The Hall–Kier alpha value is -1.92. The average Bonchev–Trinajstić information content (AvgIpc) is 2.89. The molecular weight excluding hydrogens is 278 g/mol.